The van der Waals surface area contributed by atoms with Crippen LogP contribution in [-0.2, 0) is 0 Å². The first-order chi connectivity index (χ1) is 6.86. The quantitative estimate of drug-likeness (QED) is 0.721. The van der Waals surface area contributed by atoms with Gasteiger partial charge >= 0.3 is 6.01 Å². The second-order valence-corrected chi connectivity index (χ2v) is 3.95. The first kappa shape index (κ1) is 9.44. The Kier molecular flexibility index (Phi) is 2.96. The Bertz CT molecular complexity index is 276. The molecule has 0 radical (unpaired) electrons. The molecule has 76 valence electrons. The summed E-state index contributed by atoms with van der Waals surface area (Å²) in [5.41, 5.74) is 0. The van der Waals surface area contributed by atoms with E-state index < -0.39 is 0 Å². The summed E-state index contributed by atoms with van der Waals surface area (Å²) in [5.74, 6) is 0.632. The van der Waals surface area contributed by atoms with E-state index in [2.05, 4.69) is 16.9 Å². The Hall–Kier alpha value is -1.12. The topological polar surface area (TPSA) is 35.0 Å². The largest absolute Gasteiger partial charge is 0.460 e. The second-order valence-electron chi connectivity index (χ2n) is 3.95. The third-order valence-electron chi connectivity index (χ3n) is 2.83. The van der Waals surface area contributed by atoms with Crippen molar-refractivity contribution in [3.05, 3.63) is 18.5 Å². The molecular weight excluding hydrogens is 176 g/mol. The zero-order chi connectivity index (χ0) is 9.80. The molecule has 3 heteroatoms. The molecule has 0 unspecified atom stereocenters. The molecule has 2 atom stereocenters. The summed E-state index contributed by atoms with van der Waals surface area (Å²) in [6.07, 6.45) is 8.74. The van der Waals surface area contributed by atoms with Gasteiger partial charge < -0.3 is 4.74 Å². The van der Waals surface area contributed by atoms with Gasteiger partial charge in [-0.05, 0) is 31.2 Å². The third-order valence-corrected chi connectivity index (χ3v) is 2.83. The Morgan fingerprint density at radius 2 is 1.93 bits per heavy atom. The van der Waals surface area contributed by atoms with E-state index >= 15 is 0 Å². The fourth-order valence-corrected chi connectivity index (χ4v) is 1.94. The molecule has 0 amide bonds. The maximum atomic E-state index is 5.75. The lowest BCUT2D eigenvalue weighted by Crippen LogP contribution is -2.28. The summed E-state index contributed by atoms with van der Waals surface area (Å²) in [6.45, 7) is 2.24. The van der Waals surface area contributed by atoms with E-state index in [1.54, 1.807) is 18.5 Å². The molecule has 1 aliphatic rings. The van der Waals surface area contributed by atoms with Crippen LogP contribution in [0.15, 0.2) is 18.5 Å². The van der Waals surface area contributed by atoms with Gasteiger partial charge in [-0.25, -0.2) is 9.97 Å². The lowest BCUT2D eigenvalue weighted by Gasteiger charge is -2.28. The van der Waals surface area contributed by atoms with Crippen LogP contribution in [0, 0.1) is 5.92 Å². The third kappa shape index (κ3) is 2.22. The molecule has 14 heavy (non-hydrogen) atoms. The summed E-state index contributed by atoms with van der Waals surface area (Å²) >= 11 is 0. The molecule has 3 nitrogen and oxygen atoms in total. The molecular formula is C11H16N2O. The summed E-state index contributed by atoms with van der Waals surface area (Å²) in [4.78, 5) is 8.15. The minimum Gasteiger partial charge on any atom is -0.460 e. The number of hydrogen-bond donors (Lipinski definition) is 0. The summed E-state index contributed by atoms with van der Waals surface area (Å²) < 4.78 is 5.75. The minimum atomic E-state index is 0.311. The SMILES string of the molecule is C[C@H]1CCCC[C@H]1Oc1ncccn1. The van der Waals surface area contributed by atoms with Crippen LogP contribution in [0.1, 0.15) is 32.6 Å². The highest BCUT2D eigenvalue weighted by Gasteiger charge is 2.23. The Morgan fingerprint density at radius 1 is 1.21 bits per heavy atom. The van der Waals surface area contributed by atoms with Crippen molar-refractivity contribution in [2.24, 2.45) is 5.92 Å². The van der Waals surface area contributed by atoms with Gasteiger partial charge in [0.2, 0.25) is 0 Å². The molecule has 1 aliphatic carbocycles. The standard InChI is InChI=1S/C11H16N2O/c1-9-5-2-3-6-10(9)14-11-12-7-4-8-13-11/h4,7-10H,2-3,5-6H2,1H3/t9-,10+/m0/s1. The van der Waals surface area contributed by atoms with Crippen LogP contribution >= 0.6 is 0 Å². The zero-order valence-electron chi connectivity index (χ0n) is 8.52. The summed E-state index contributed by atoms with van der Waals surface area (Å²) in [6, 6.07) is 2.32. The average molecular weight is 192 g/mol. The zero-order valence-corrected chi connectivity index (χ0v) is 8.52. The van der Waals surface area contributed by atoms with E-state index in [4.69, 9.17) is 4.74 Å². The maximum absolute atomic E-state index is 5.75. The lowest BCUT2D eigenvalue weighted by atomic mass is 9.88. The monoisotopic (exact) mass is 192 g/mol. The first-order valence-corrected chi connectivity index (χ1v) is 5.30. The van der Waals surface area contributed by atoms with E-state index in [1.807, 2.05) is 0 Å². The second kappa shape index (κ2) is 4.40. The van der Waals surface area contributed by atoms with Crippen LogP contribution in [0.2, 0.25) is 0 Å². The maximum Gasteiger partial charge on any atom is 0.316 e. The van der Waals surface area contributed by atoms with Crippen LogP contribution < -0.4 is 4.74 Å². The van der Waals surface area contributed by atoms with Crippen LogP contribution in [0.5, 0.6) is 6.01 Å². The van der Waals surface area contributed by atoms with Crippen molar-refractivity contribution in [1.29, 1.82) is 0 Å². The first-order valence-electron chi connectivity index (χ1n) is 5.30. The number of rotatable bonds is 2. The van der Waals surface area contributed by atoms with Gasteiger partial charge in [-0.3, -0.25) is 0 Å². The van der Waals surface area contributed by atoms with Crippen LogP contribution in [-0.4, -0.2) is 16.1 Å². The van der Waals surface area contributed by atoms with Crippen molar-refractivity contribution in [3.63, 3.8) is 0 Å². The van der Waals surface area contributed by atoms with Gasteiger partial charge in [-0.2, -0.15) is 0 Å². The molecule has 1 heterocycles. The number of ether oxygens (including phenoxy) is 1. The fourth-order valence-electron chi connectivity index (χ4n) is 1.94. The van der Waals surface area contributed by atoms with Gasteiger partial charge in [0.1, 0.15) is 6.10 Å². The molecule has 0 spiro atoms. The predicted octanol–water partition coefficient (Wildman–Crippen LogP) is 2.43. The Balaban J connectivity index is 1.96. The van der Waals surface area contributed by atoms with Crippen molar-refractivity contribution in [2.45, 2.75) is 38.7 Å². The Morgan fingerprint density at radius 3 is 2.64 bits per heavy atom. The van der Waals surface area contributed by atoms with Gasteiger partial charge in [-0.1, -0.05) is 13.3 Å². The summed E-state index contributed by atoms with van der Waals surface area (Å²) in [5, 5.41) is 0. The fraction of sp³-hybridized carbons (Fsp3) is 0.636. The molecule has 0 aliphatic heterocycles. The van der Waals surface area contributed by atoms with Crippen LogP contribution in [0.4, 0.5) is 0 Å². The van der Waals surface area contributed by atoms with Gasteiger partial charge in [0.25, 0.3) is 0 Å². The van der Waals surface area contributed by atoms with E-state index in [0.29, 0.717) is 18.0 Å². The highest BCUT2D eigenvalue weighted by molar-refractivity contribution is 4.95. The molecule has 1 fully saturated rings. The smallest absolute Gasteiger partial charge is 0.316 e. The van der Waals surface area contributed by atoms with Gasteiger partial charge in [0.05, 0.1) is 0 Å². The molecule has 1 saturated carbocycles. The van der Waals surface area contributed by atoms with Gasteiger partial charge in [0.15, 0.2) is 0 Å². The molecule has 0 saturated heterocycles. The van der Waals surface area contributed by atoms with Crippen LogP contribution in [0.25, 0.3) is 0 Å². The molecule has 1 aromatic heterocycles. The summed E-state index contributed by atoms with van der Waals surface area (Å²) in [7, 11) is 0. The lowest BCUT2D eigenvalue weighted by molar-refractivity contribution is 0.0922. The molecule has 2 rings (SSSR count). The van der Waals surface area contributed by atoms with Crippen molar-refractivity contribution in [1.82, 2.24) is 9.97 Å². The molecule has 0 aromatic carbocycles. The van der Waals surface area contributed by atoms with Gasteiger partial charge in [0, 0.05) is 12.4 Å². The van der Waals surface area contributed by atoms with E-state index in [-0.39, 0.29) is 0 Å². The van der Waals surface area contributed by atoms with E-state index in [1.165, 1.54) is 19.3 Å². The minimum absolute atomic E-state index is 0.311. The van der Waals surface area contributed by atoms with E-state index in [0.717, 1.165) is 6.42 Å². The number of hydrogen-bond acceptors (Lipinski definition) is 3. The normalized spacial score (nSPS) is 27.2. The highest BCUT2D eigenvalue weighted by Crippen LogP contribution is 2.26. The molecule has 1 aromatic rings. The van der Waals surface area contributed by atoms with Crippen molar-refractivity contribution < 1.29 is 4.74 Å². The molecule has 0 N–H and O–H groups in total. The Labute approximate surface area is 84.5 Å². The predicted molar refractivity (Wildman–Crippen MR) is 54.1 cm³/mol. The highest BCUT2D eigenvalue weighted by atomic mass is 16.5. The number of nitrogens with zero attached hydrogens (tertiary/aromatic N) is 2. The van der Waals surface area contributed by atoms with Crippen molar-refractivity contribution in [3.8, 4) is 6.01 Å². The van der Waals surface area contributed by atoms with Crippen molar-refractivity contribution >= 4 is 0 Å². The van der Waals surface area contributed by atoms with Crippen molar-refractivity contribution in [2.75, 3.05) is 0 Å². The average Bonchev–Trinajstić information content (AvgIpc) is 2.23. The molecule has 0 bridgehead atoms. The van der Waals surface area contributed by atoms with Crippen LogP contribution in [0.3, 0.4) is 0 Å². The number of aromatic nitrogens is 2. The van der Waals surface area contributed by atoms with Gasteiger partial charge in [-0.15, -0.1) is 0 Å². The van der Waals surface area contributed by atoms with E-state index in [9.17, 15) is 0 Å².